The molecule has 1 atom stereocenters. The first-order chi connectivity index (χ1) is 8.20. The largest absolute Gasteiger partial charge is 0.312 e. The van der Waals surface area contributed by atoms with Crippen LogP contribution in [0.25, 0.3) is 0 Å². The Hall–Kier alpha value is -0.460. The van der Waals surface area contributed by atoms with Gasteiger partial charge in [-0.3, -0.25) is 0 Å². The summed E-state index contributed by atoms with van der Waals surface area (Å²) in [5, 5.41) is 3.38. The number of likely N-dealkylation sites (N-methyl/N-ethyl adjacent to an activating group) is 1. The molecule has 90 valence electrons. The molecule has 1 aromatic heterocycles. The Kier molecular flexibility index (Phi) is 4.53. The zero-order valence-corrected chi connectivity index (χ0v) is 12.9. The van der Waals surface area contributed by atoms with Gasteiger partial charge >= 0.3 is 0 Å². The Morgan fingerprint density at radius 2 is 2.06 bits per heavy atom. The minimum Gasteiger partial charge on any atom is -0.312 e. The Labute approximate surface area is 120 Å². The molecule has 2 rings (SSSR count). The molecule has 0 radical (unpaired) electrons. The van der Waals surface area contributed by atoms with Crippen molar-refractivity contribution in [1.29, 1.82) is 0 Å². The van der Waals surface area contributed by atoms with E-state index in [1.165, 1.54) is 14.0 Å². The molecule has 0 saturated carbocycles. The smallest absolute Gasteiger partial charge is 0.0798 e. The van der Waals surface area contributed by atoms with Gasteiger partial charge in [-0.25, -0.2) is 4.98 Å². The molecule has 1 unspecified atom stereocenters. The van der Waals surface area contributed by atoms with E-state index in [9.17, 15) is 0 Å². The Morgan fingerprint density at radius 1 is 1.35 bits per heavy atom. The van der Waals surface area contributed by atoms with Crippen LogP contribution in [-0.4, -0.2) is 12.0 Å². The number of aryl methyl sites for hydroxylation is 1. The summed E-state index contributed by atoms with van der Waals surface area (Å²) in [6.45, 7) is 2.07. The summed E-state index contributed by atoms with van der Waals surface area (Å²) in [6.07, 6.45) is 1.01. The number of rotatable bonds is 4. The van der Waals surface area contributed by atoms with Crippen LogP contribution < -0.4 is 5.32 Å². The fourth-order valence-electron chi connectivity index (χ4n) is 1.83. The maximum Gasteiger partial charge on any atom is 0.0798 e. The van der Waals surface area contributed by atoms with Crippen molar-refractivity contribution in [3.05, 3.63) is 49.5 Å². The summed E-state index contributed by atoms with van der Waals surface area (Å²) in [7, 11) is 2.01. The molecule has 0 saturated heterocycles. The van der Waals surface area contributed by atoms with E-state index in [2.05, 4.69) is 64.1 Å². The van der Waals surface area contributed by atoms with Crippen molar-refractivity contribution in [1.82, 2.24) is 10.3 Å². The highest BCUT2D eigenvalue weighted by Crippen LogP contribution is 2.24. The van der Waals surface area contributed by atoms with E-state index in [-0.39, 0.29) is 0 Å². The monoisotopic (exact) mass is 358 g/mol. The lowest BCUT2D eigenvalue weighted by atomic mass is 10.0. The summed E-state index contributed by atoms with van der Waals surface area (Å²) in [4.78, 5) is 5.66. The minimum absolute atomic E-state index is 0.363. The van der Waals surface area contributed by atoms with Gasteiger partial charge in [0.05, 0.1) is 11.2 Å². The van der Waals surface area contributed by atoms with Gasteiger partial charge in [0.15, 0.2) is 0 Å². The van der Waals surface area contributed by atoms with Crippen LogP contribution in [0, 0.1) is 10.5 Å². The van der Waals surface area contributed by atoms with Crippen molar-refractivity contribution in [3.8, 4) is 0 Å². The Balaban J connectivity index is 2.16. The van der Waals surface area contributed by atoms with Crippen molar-refractivity contribution < 1.29 is 0 Å². The maximum absolute atomic E-state index is 4.32. The van der Waals surface area contributed by atoms with E-state index in [4.69, 9.17) is 0 Å². The molecule has 1 heterocycles. The third-order valence-corrected chi connectivity index (χ3v) is 4.56. The SMILES string of the molecule is CNC(Cc1ccc(I)cc1)c1scnc1C. The second-order valence-corrected chi connectivity index (χ2v) is 6.11. The quantitative estimate of drug-likeness (QED) is 0.846. The van der Waals surface area contributed by atoms with Crippen molar-refractivity contribution >= 4 is 33.9 Å². The molecule has 4 heteroatoms. The third kappa shape index (κ3) is 3.26. The van der Waals surface area contributed by atoms with Crippen molar-refractivity contribution in [2.45, 2.75) is 19.4 Å². The lowest BCUT2D eigenvalue weighted by molar-refractivity contribution is 0.598. The van der Waals surface area contributed by atoms with Crippen molar-refractivity contribution in [2.24, 2.45) is 0 Å². The third-order valence-electron chi connectivity index (χ3n) is 2.80. The first-order valence-corrected chi connectivity index (χ1v) is 7.48. The van der Waals surface area contributed by atoms with Crippen LogP contribution in [0.2, 0.25) is 0 Å². The van der Waals surface area contributed by atoms with Gasteiger partial charge in [-0.05, 0) is 60.7 Å². The standard InChI is InChI=1S/C13H15IN2S/c1-9-13(17-8-16-9)12(15-2)7-10-3-5-11(14)6-4-10/h3-6,8,12,15H,7H2,1-2H3. The van der Waals surface area contributed by atoms with Crippen LogP contribution in [0.5, 0.6) is 0 Å². The number of halogens is 1. The number of hydrogen-bond donors (Lipinski definition) is 1. The summed E-state index contributed by atoms with van der Waals surface area (Å²) >= 11 is 4.06. The van der Waals surface area contributed by atoms with E-state index in [1.54, 1.807) is 11.3 Å². The molecule has 0 bridgehead atoms. The average molecular weight is 358 g/mol. The van der Waals surface area contributed by atoms with E-state index < -0.39 is 0 Å². The molecule has 1 N–H and O–H groups in total. The predicted molar refractivity (Wildman–Crippen MR) is 81.5 cm³/mol. The molecule has 0 fully saturated rings. The predicted octanol–water partition coefficient (Wildman–Crippen LogP) is 3.56. The van der Waals surface area contributed by atoms with Crippen LogP contribution in [-0.2, 0) is 6.42 Å². The van der Waals surface area contributed by atoms with Gasteiger partial charge in [0, 0.05) is 14.5 Å². The van der Waals surface area contributed by atoms with Gasteiger partial charge in [0.2, 0.25) is 0 Å². The van der Waals surface area contributed by atoms with E-state index in [1.807, 2.05) is 12.6 Å². The van der Waals surface area contributed by atoms with Crippen LogP contribution in [0.1, 0.15) is 22.2 Å². The highest BCUT2D eigenvalue weighted by Gasteiger charge is 2.14. The summed E-state index contributed by atoms with van der Waals surface area (Å²) in [6, 6.07) is 9.07. The molecule has 0 spiro atoms. The first-order valence-electron chi connectivity index (χ1n) is 5.52. The number of nitrogens with zero attached hydrogens (tertiary/aromatic N) is 1. The lowest BCUT2D eigenvalue weighted by Crippen LogP contribution is -2.18. The maximum atomic E-state index is 4.32. The fourth-order valence-corrected chi connectivity index (χ4v) is 3.10. The highest BCUT2D eigenvalue weighted by molar-refractivity contribution is 14.1. The molecule has 0 aliphatic rings. The first kappa shape index (κ1) is 13.0. The number of hydrogen-bond acceptors (Lipinski definition) is 3. The van der Waals surface area contributed by atoms with Crippen molar-refractivity contribution in [3.63, 3.8) is 0 Å². The molecule has 0 aliphatic heterocycles. The number of aromatic nitrogens is 1. The van der Waals surface area contributed by atoms with Crippen molar-refractivity contribution in [2.75, 3.05) is 7.05 Å². The van der Waals surface area contributed by atoms with Gasteiger partial charge in [-0.15, -0.1) is 11.3 Å². The lowest BCUT2D eigenvalue weighted by Gasteiger charge is -2.15. The Bertz CT molecular complexity index is 478. The molecular formula is C13H15IN2S. The second-order valence-electron chi connectivity index (χ2n) is 3.97. The number of thiazole rings is 1. The number of benzene rings is 1. The van der Waals surface area contributed by atoms with E-state index in [0.29, 0.717) is 6.04 Å². The Morgan fingerprint density at radius 3 is 2.59 bits per heavy atom. The van der Waals surface area contributed by atoms with Gasteiger partial charge < -0.3 is 5.32 Å². The molecule has 0 aliphatic carbocycles. The minimum atomic E-state index is 0.363. The van der Waals surface area contributed by atoms with Gasteiger partial charge in [0.25, 0.3) is 0 Å². The summed E-state index contributed by atoms with van der Waals surface area (Å²) in [5.41, 5.74) is 4.42. The molecule has 0 amide bonds. The summed E-state index contributed by atoms with van der Waals surface area (Å²) in [5.74, 6) is 0. The molecule has 2 nitrogen and oxygen atoms in total. The van der Waals surface area contributed by atoms with Crippen LogP contribution in [0.3, 0.4) is 0 Å². The molecule has 17 heavy (non-hydrogen) atoms. The van der Waals surface area contributed by atoms with Gasteiger partial charge in [0.1, 0.15) is 0 Å². The van der Waals surface area contributed by atoms with Crippen LogP contribution in [0.4, 0.5) is 0 Å². The van der Waals surface area contributed by atoms with Crippen LogP contribution in [0.15, 0.2) is 29.8 Å². The van der Waals surface area contributed by atoms with Crippen LogP contribution >= 0.6 is 33.9 Å². The topological polar surface area (TPSA) is 24.9 Å². The molecular weight excluding hydrogens is 343 g/mol. The molecule has 2 aromatic rings. The van der Waals surface area contributed by atoms with E-state index >= 15 is 0 Å². The fraction of sp³-hybridized carbons (Fsp3) is 0.308. The zero-order valence-electron chi connectivity index (χ0n) is 9.90. The van der Waals surface area contributed by atoms with Gasteiger partial charge in [-0.2, -0.15) is 0 Å². The average Bonchev–Trinajstić information content (AvgIpc) is 2.75. The highest BCUT2D eigenvalue weighted by atomic mass is 127. The number of nitrogens with one attached hydrogen (secondary N) is 1. The normalized spacial score (nSPS) is 12.6. The zero-order chi connectivity index (χ0) is 12.3. The molecule has 1 aromatic carbocycles. The van der Waals surface area contributed by atoms with E-state index in [0.717, 1.165) is 12.1 Å². The summed E-state index contributed by atoms with van der Waals surface area (Å²) < 4.78 is 1.28. The second kappa shape index (κ2) is 5.93. The van der Waals surface area contributed by atoms with Gasteiger partial charge in [-0.1, -0.05) is 12.1 Å².